The van der Waals surface area contributed by atoms with Crippen LogP contribution >= 0.6 is 11.3 Å². The number of carbonyl (C=O) groups excluding carboxylic acids is 1. The predicted octanol–water partition coefficient (Wildman–Crippen LogP) is 3.35. The molecule has 3 heterocycles. The van der Waals surface area contributed by atoms with E-state index < -0.39 is 0 Å². The summed E-state index contributed by atoms with van der Waals surface area (Å²) in [5.74, 6) is 0.0836. The lowest BCUT2D eigenvalue weighted by Gasteiger charge is -2.27. The van der Waals surface area contributed by atoms with Crippen LogP contribution in [-0.4, -0.2) is 37.0 Å². The van der Waals surface area contributed by atoms with Crippen LogP contribution in [0, 0.1) is 0 Å². The molecule has 4 nitrogen and oxygen atoms in total. The Kier molecular flexibility index (Phi) is 4.54. The first-order valence-corrected chi connectivity index (χ1v) is 9.59. The summed E-state index contributed by atoms with van der Waals surface area (Å²) in [5, 5.41) is 5.29. The van der Waals surface area contributed by atoms with Crippen molar-refractivity contribution in [3.63, 3.8) is 0 Å². The van der Waals surface area contributed by atoms with Gasteiger partial charge in [0.05, 0.1) is 17.9 Å². The molecule has 1 aromatic heterocycles. The predicted molar refractivity (Wildman–Crippen MR) is 99.8 cm³/mol. The number of benzene rings is 1. The summed E-state index contributed by atoms with van der Waals surface area (Å²) < 4.78 is 0. The zero-order valence-corrected chi connectivity index (χ0v) is 14.6. The molecule has 0 atom stereocenters. The monoisotopic (exact) mass is 341 g/mol. The second-order valence-electron chi connectivity index (χ2n) is 6.59. The number of anilines is 2. The number of nitrogens with one attached hydrogen (secondary N) is 1. The number of para-hydroxylation sites is 2. The lowest BCUT2D eigenvalue weighted by atomic mass is 10.1. The fourth-order valence-electron chi connectivity index (χ4n) is 3.65. The van der Waals surface area contributed by atoms with E-state index in [0.29, 0.717) is 6.54 Å². The van der Waals surface area contributed by atoms with E-state index in [2.05, 4.69) is 32.6 Å². The number of amides is 1. The molecule has 0 unspecified atom stereocenters. The Morgan fingerprint density at radius 1 is 1.12 bits per heavy atom. The van der Waals surface area contributed by atoms with Gasteiger partial charge in [-0.25, -0.2) is 0 Å². The van der Waals surface area contributed by atoms with E-state index in [1.807, 2.05) is 29.5 Å². The Morgan fingerprint density at radius 3 is 2.83 bits per heavy atom. The van der Waals surface area contributed by atoms with E-state index in [-0.39, 0.29) is 5.91 Å². The quantitative estimate of drug-likeness (QED) is 0.926. The smallest absolute Gasteiger partial charge is 0.238 e. The Balaban J connectivity index is 1.40. The highest BCUT2D eigenvalue weighted by Gasteiger charge is 2.20. The van der Waals surface area contributed by atoms with Crippen LogP contribution in [-0.2, 0) is 17.8 Å². The molecule has 1 fully saturated rings. The Labute approximate surface area is 147 Å². The summed E-state index contributed by atoms with van der Waals surface area (Å²) >= 11 is 1.83. The summed E-state index contributed by atoms with van der Waals surface area (Å²) in [6.45, 7) is 4.48. The van der Waals surface area contributed by atoms with Crippen LogP contribution in [0.15, 0.2) is 35.7 Å². The maximum Gasteiger partial charge on any atom is 0.238 e. The molecule has 126 valence electrons. The van der Waals surface area contributed by atoms with Crippen molar-refractivity contribution >= 4 is 28.6 Å². The second-order valence-corrected chi connectivity index (χ2v) is 7.59. The molecule has 4 rings (SSSR count). The van der Waals surface area contributed by atoms with Crippen molar-refractivity contribution in [2.75, 3.05) is 36.4 Å². The van der Waals surface area contributed by atoms with E-state index in [0.717, 1.165) is 44.0 Å². The van der Waals surface area contributed by atoms with E-state index >= 15 is 0 Å². The molecule has 0 aliphatic carbocycles. The van der Waals surface area contributed by atoms with Crippen LogP contribution in [0.25, 0.3) is 0 Å². The minimum atomic E-state index is 0.0836. The van der Waals surface area contributed by atoms with Crippen molar-refractivity contribution in [2.24, 2.45) is 0 Å². The molecule has 1 aromatic carbocycles. The topological polar surface area (TPSA) is 35.6 Å². The minimum Gasteiger partial charge on any atom is -0.370 e. The molecule has 0 radical (unpaired) electrons. The SMILES string of the molecule is O=C(CN1CCc2sccc2C1)Nc1ccccc1N1CCCC1. The van der Waals surface area contributed by atoms with Crippen molar-refractivity contribution in [3.8, 4) is 0 Å². The number of carbonyl (C=O) groups is 1. The van der Waals surface area contributed by atoms with Gasteiger partial charge in [-0.3, -0.25) is 9.69 Å². The van der Waals surface area contributed by atoms with Crippen molar-refractivity contribution in [3.05, 3.63) is 46.2 Å². The number of hydrogen-bond donors (Lipinski definition) is 1. The molecular formula is C19H23N3OS. The molecule has 2 aromatic rings. The van der Waals surface area contributed by atoms with Crippen LogP contribution < -0.4 is 10.2 Å². The van der Waals surface area contributed by atoms with Gasteiger partial charge in [0.25, 0.3) is 0 Å². The van der Waals surface area contributed by atoms with Crippen LogP contribution in [0.2, 0.25) is 0 Å². The van der Waals surface area contributed by atoms with Gasteiger partial charge in [0.1, 0.15) is 0 Å². The maximum absolute atomic E-state index is 12.5. The van der Waals surface area contributed by atoms with Crippen LogP contribution in [0.3, 0.4) is 0 Å². The Morgan fingerprint density at radius 2 is 1.96 bits per heavy atom. The van der Waals surface area contributed by atoms with Crippen molar-refractivity contribution in [1.82, 2.24) is 4.90 Å². The van der Waals surface area contributed by atoms with Gasteiger partial charge in [-0.1, -0.05) is 12.1 Å². The second kappa shape index (κ2) is 6.95. The minimum absolute atomic E-state index is 0.0836. The van der Waals surface area contributed by atoms with Crippen LogP contribution in [0.1, 0.15) is 23.3 Å². The summed E-state index contributed by atoms with van der Waals surface area (Å²) in [7, 11) is 0. The van der Waals surface area contributed by atoms with Crippen molar-refractivity contribution < 1.29 is 4.79 Å². The molecular weight excluding hydrogens is 318 g/mol. The first-order chi connectivity index (χ1) is 11.8. The fourth-order valence-corrected chi connectivity index (χ4v) is 4.54. The van der Waals surface area contributed by atoms with Gasteiger partial charge < -0.3 is 10.2 Å². The third kappa shape index (κ3) is 3.32. The lowest BCUT2D eigenvalue weighted by molar-refractivity contribution is -0.117. The molecule has 1 saturated heterocycles. The van der Waals surface area contributed by atoms with Gasteiger partial charge in [0, 0.05) is 31.1 Å². The van der Waals surface area contributed by atoms with E-state index in [4.69, 9.17) is 0 Å². The summed E-state index contributed by atoms with van der Waals surface area (Å²) in [6, 6.07) is 10.4. The van der Waals surface area contributed by atoms with Crippen molar-refractivity contribution in [1.29, 1.82) is 0 Å². The maximum atomic E-state index is 12.5. The highest BCUT2D eigenvalue weighted by Crippen LogP contribution is 2.29. The average molecular weight is 341 g/mol. The molecule has 0 bridgehead atoms. The van der Waals surface area contributed by atoms with Crippen LogP contribution in [0.4, 0.5) is 11.4 Å². The molecule has 24 heavy (non-hydrogen) atoms. The zero-order chi connectivity index (χ0) is 16.4. The van der Waals surface area contributed by atoms with E-state index in [9.17, 15) is 4.79 Å². The summed E-state index contributed by atoms with van der Waals surface area (Å²) in [4.78, 5) is 18.6. The van der Waals surface area contributed by atoms with Crippen molar-refractivity contribution in [2.45, 2.75) is 25.8 Å². The summed E-state index contributed by atoms with van der Waals surface area (Å²) in [6.07, 6.45) is 3.53. The molecule has 1 N–H and O–H groups in total. The van der Waals surface area contributed by atoms with Crippen LogP contribution in [0.5, 0.6) is 0 Å². The number of rotatable bonds is 4. The average Bonchev–Trinajstić information content (AvgIpc) is 3.26. The number of thiophene rings is 1. The van der Waals surface area contributed by atoms with Gasteiger partial charge in [0.15, 0.2) is 0 Å². The normalized spacial score (nSPS) is 17.8. The van der Waals surface area contributed by atoms with Gasteiger partial charge in [-0.15, -0.1) is 11.3 Å². The number of nitrogens with zero attached hydrogens (tertiary/aromatic N) is 2. The van der Waals surface area contributed by atoms with Gasteiger partial charge in [-0.05, 0) is 48.4 Å². The highest BCUT2D eigenvalue weighted by molar-refractivity contribution is 7.10. The Hall–Kier alpha value is -1.85. The zero-order valence-electron chi connectivity index (χ0n) is 13.8. The molecule has 1 amide bonds. The lowest BCUT2D eigenvalue weighted by Crippen LogP contribution is -2.36. The highest BCUT2D eigenvalue weighted by atomic mass is 32.1. The number of fused-ring (bicyclic) bond motifs is 1. The molecule has 5 heteroatoms. The van der Waals surface area contributed by atoms with E-state index in [1.165, 1.54) is 23.3 Å². The van der Waals surface area contributed by atoms with Gasteiger partial charge in [-0.2, -0.15) is 0 Å². The third-order valence-corrected chi connectivity index (χ3v) is 5.90. The third-order valence-electron chi connectivity index (χ3n) is 4.88. The first-order valence-electron chi connectivity index (χ1n) is 8.71. The number of hydrogen-bond acceptors (Lipinski definition) is 4. The Bertz CT molecular complexity index is 721. The standard InChI is InChI=1S/C19H23N3OS/c23-19(14-21-11-7-18-15(13-21)8-12-24-18)20-16-5-1-2-6-17(16)22-9-3-4-10-22/h1-2,5-6,8,12H,3-4,7,9-11,13-14H2,(H,20,23). The molecule has 0 saturated carbocycles. The fraction of sp³-hybridized carbons (Fsp3) is 0.421. The van der Waals surface area contributed by atoms with E-state index in [1.54, 1.807) is 0 Å². The first kappa shape index (κ1) is 15.7. The summed E-state index contributed by atoms with van der Waals surface area (Å²) in [5.41, 5.74) is 3.48. The molecule has 0 spiro atoms. The van der Waals surface area contributed by atoms with Gasteiger partial charge >= 0.3 is 0 Å². The van der Waals surface area contributed by atoms with Gasteiger partial charge in [0.2, 0.25) is 5.91 Å². The molecule has 2 aliphatic heterocycles. The molecule has 2 aliphatic rings. The largest absolute Gasteiger partial charge is 0.370 e.